The van der Waals surface area contributed by atoms with E-state index in [4.69, 9.17) is 0 Å². The van der Waals surface area contributed by atoms with Crippen LogP contribution in [0.1, 0.15) is 13.3 Å². The summed E-state index contributed by atoms with van der Waals surface area (Å²) in [4.78, 5) is 18.2. The van der Waals surface area contributed by atoms with Gasteiger partial charge >= 0.3 is 5.97 Å². The van der Waals surface area contributed by atoms with E-state index in [-0.39, 0.29) is 27.7 Å². The molecule has 0 spiro atoms. The van der Waals surface area contributed by atoms with Gasteiger partial charge in [0.1, 0.15) is 0 Å². The van der Waals surface area contributed by atoms with Gasteiger partial charge in [-0.05, 0) is 0 Å². The summed E-state index contributed by atoms with van der Waals surface area (Å²) in [6.45, 7) is 1.70. The Bertz CT molecular complexity index is 64.3. The molecule has 0 N–H and O–H groups in total. The Morgan fingerprint density at radius 2 is 2.12 bits per heavy atom. The van der Waals surface area contributed by atoms with E-state index >= 15 is 0 Å². The predicted molar refractivity (Wildman–Crippen MR) is 23.4 cm³/mol. The number of rotatable bonds is 2. The topological polar surface area (TPSA) is 35.5 Å². The van der Waals surface area contributed by atoms with Crippen LogP contribution in [-0.2, 0) is 36.3 Å². The molecule has 0 aliphatic rings. The molecule has 0 saturated heterocycles. The van der Waals surface area contributed by atoms with Crippen molar-refractivity contribution in [2.45, 2.75) is 13.3 Å². The molecule has 0 aromatic rings. The van der Waals surface area contributed by atoms with E-state index in [1.54, 1.807) is 6.92 Å². The normalized spacial score (nSPS) is 7.25. The number of carbonyl (C=O) groups is 1. The molecule has 0 aliphatic heterocycles. The molecule has 0 unspecified atom stereocenters. The molecule has 0 atom stereocenters. The molecule has 8 heavy (non-hydrogen) atoms. The molecule has 0 aromatic heterocycles. The zero-order chi connectivity index (χ0) is 5.70. The maximum Gasteiger partial charge on any atom is 0.342 e. The van der Waals surface area contributed by atoms with Crippen LogP contribution < -0.4 is 0 Å². The molecule has 0 heterocycles. The number of hydrogen-bond acceptors (Lipinski definition) is 3. The molecule has 0 radical (unpaired) electrons. The van der Waals surface area contributed by atoms with Crippen LogP contribution in [0.4, 0.5) is 0 Å². The van der Waals surface area contributed by atoms with E-state index in [9.17, 15) is 4.79 Å². The average molecular weight is 152 g/mol. The standard InChI is InChI=1S/C4H8O3.Ti/c1-3-4(5)7-6-2;/h3H2,1-2H3;. The van der Waals surface area contributed by atoms with Crippen LogP contribution in [0.25, 0.3) is 0 Å². The minimum absolute atomic E-state index is 0. The van der Waals surface area contributed by atoms with Crippen LogP contribution in [0.15, 0.2) is 0 Å². The minimum Gasteiger partial charge on any atom is -0.299 e. The molecule has 4 heteroatoms. The van der Waals surface area contributed by atoms with Crippen molar-refractivity contribution in [3.63, 3.8) is 0 Å². The van der Waals surface area contributed by atoms with Crippen molar-refractivity contribution in [1.29, 1.82) is 0 Å². The maximum atomic E-state index is 10.1. The summed E-state index contributed by atoms with van der Waals surface area (Å²) in [6.07, 6.45) is 0.355. The van der Waals surface area contributed by atoms with Gasteiger partial charge in [0, 0.05) is 28.1 Å². The monoisotopic (exact) mass is 152 g/mol. The largest absolute Gasteiger partial charge is 0.342 e. The van der Waals surface area contributed by atoms with Gasteiger partial charge in [0.2, 0.25) is 0 Å². The quantitative estimate of drug-likeness (QED) is 0.328. The Labute approximate surface area is 63.2 Å². The smallest absolute Gasteiger partial charge is 0.299 e. The number of hydrogen-bond donors (Lipinski definition) is 0. The summed E-state index contributed by atoms with van der Waals surface area (Å²) >= 11 is 0. The zero-order valence-electron chi connectivity index (χ0n) is 4.93. The molecule has 0 saturated carbocycles. The van der Waals surface area contributed by atoms with Crippen molar-refractivity contribution in [2.24, 2.45) is 0 Å². The average Bonchev–Trinajstić information content (AvgIpc) is 1.68. The van der Waals surface area contributed by atoms with Crippen molar-refractivity contribution >= 4 is 5.97 Å². The zero-order valence-corrected chi connectivity index (χ0v) is 6.49. The van der Waals surface area contributed by atoms with Crippen molar-refractivity contribution in [2.75, 3.05) is 7.11 Å². The Morgan fingerprint density at radius 1 is 1.62 bits per heavy atom. The molecule has 0 fully saturated rings. The Kier molecular flexibility index (Phi) is 9.83. The van der Waals surface area contributed by atoms with E-state index in [1.807, 2.05) is 0 Å². The Balaban J connectivity index is 0. The summed E-state index contributed by atoms with van der Waals surface area (Å²) < 4.78 is 0. The summed E-state index contributed by atoms with van der Waals surface area (Å²) in [5.74, 6) is -0.345. The molecule has 0 aliphatic carbocycles. The van der Waals surface area contributed by atoms with E-state index in [1.165, 1.54) is 7.11 Å². The van der Waals surface area contributed by atoms with Crippen molar-refractivity contribution in [1.82, 2.24) is 0 Å². The van der Waals surface area contributed by atoms with Gasteiger partial charge in [0.15, 0.2) is 0 Å². The van der Waals surface area contributed by atoms with Crippen LogP contribution in [0.5, 0.6) is 0 Å². The first kappa shape index (κ1) is 11.0. The third-order valence-corrected chi connectivity index (χ3v) is 0.465. The third-order valence-electron chi connectivity index (χ3n) is 0.465. The predicted octanol–water partition coefficient (Wildman–Crippen LogP) is 0.498. The van der Waals surface area contributed by atoms with Crippen LogP contribution >= 0.6 is 0 Å². The molecular formula is C4H8O3Ti. The first-order valence-corrected chi connectivity index (χ1v) is 2.04. The second kappa shape index (κ2) is 7.14. The van der Waals surface area contributed by atoms with Crippen LogP contribution in [0.2, 0.25) is 0 Å². The molecular weight excluding hydrogens is 144 g/mol. The first-order valence-electron chi connectivity index (χ1n) is 2.04. The second-order valence-corrected chi connectivity index (χ2v) is 0.976. The van der Waals surface area contributed by atoms with E-state index in [0.717, 1.165) is 0 Å². The minimum atomic E-state index is -0.345. The molecule has 0 rings (SSSR count). The van der Waals surface area contributed by atoms with Gasteiger partial charge in [-0.2, -0.15) is 4.89 Å². The van der Waals surface area contributed by atoms with Gasteiger partial charge in [-0.25, -0.2) is 4.79 Å². The summed E-state index contributed by atoms with van der Waals surface area (Å²) in [7, 11) is 1.30. The summed E-state index contributed by atoms with van der Waals surface area (Å²) in [5.41, 5.74) is 0. The molecule has 0 bridgehead atoms. The van der Waals surface area contributed by atoms with E-state index in [2.05, 4.69) is 9.78 Å². The van der Waals surface area contributed by atoms with Gasteiger partial charge in [-0.1, -0.05) is 6.92 Å². The van der Waals surface area contributed by atoms with Gasteiger partial charge in [0.05, 0.1) is 7.11 Å². The van der Waals surface area contributed by atoms with Crippen molar-refractivity contribution in [3.8, 4) is 0 Å². The van der Waals surface area contributed by atoms with E-state index in [0.29, 0.717) is 6.42 Å². The fraction of sp³-hybridized carbons (Fsp3) is 0.750. The fourth-order valence-electron chi connectivity index (χ4n) is 0.152. The molecule has 0 aromatic carbocycles. The van der Waals surface area contributed by atoms with Gasteiger partial charge in [-0.3, -0.25) is 4.89 Å². The van der Waals surface area contributed by atoms with Gasteiger partial charge in [-0.15, -0.1) is 0 Å². The van der Waals surface area contributed by atoms with Crippen LogP contribution in [-0.4, -0.2) is 13.1 Å². The Hall–Kier alpha value is 0.144. The maximum absolute atomic E-state index is 10.1. The first-order chi connectivity index (χ1) is 3.31. The second-order valence-electron chi connectivity index (χ2n) is 0.976. The van der Waals surface area contributed by atoms with Gasteiger partial charge < -0.3 is 0 Å². The van der Waals surface area contributed by atoms with Crippen LogP contribution in [0.3, 0.4) is 0 Å². The van der Waals surface area contributed by atoms with Crippen molar-refractivity contribution in [3.05, 3.63) is 0 Å². The van der Waals surface area contributed by atoms with E-state index < -0.39 is 0 Å². The molecule has 0 amide bonds. The molecule has 3 nitrogen and oxygen atoms in total. The summed E-state index contributed by atoms with van der Waals surface area (Å²) in [6, 6.07) is 0. The number of carbonyl (C=O) groups excluding carboxylic acids is 1. The van der Waals surface area contributed by atoms with Gasteiger partial charge in [0.25, 0.3) is 0 Å². The van der Waals surface area contributed by atoms with Crippen molar-refractivity contribution < 1.29 is 36.3 Å². The summed E-state index contributed by atoms with van der Waals surface area (Å²) in [5, 5.41) is 0. The Morgan fingerprint density at radius 3 is 2.25 bits per heavy atom. The fourth-order valence-corrected chi connectivity index (χ4v) is 0.152. The molecule has 46 valence electrons. The SMILES string of the molecule is CCC(=O)OOC.[Ti]. The third kappa shape index (κ3) is 6.14. The van der Waals surface area contributed by atoms with Crippen LogP contribution in [0, 0.1) is 0 Å².